The van der Waals surface area contributed by atoms with Crippen LogP contribution in [-0.2, 0) is 35.2 Å². The number of carbonyl (C=O) groups is 5. The van der Waals surface area contributed by atoms with Crippen LogP contribution in [0.4, 0.5) is 0 Å². The minimum Gasteiger partial charge on any atom is -0.466 e. The number of hydrazine groups is 1. The van der Waals surface area contributed by atoms with Crippen molar-refractivity contribution in [3.05, 3.63) is 101 Å². The predicted molar refractivity (Wildman–Crippen MR) is 199 cm³/mol. The Kier molecular flexibility index (Phi) is 16.0. The van der Waals surface area contributed by atoms with Crippen molar-refractivity contribution in [3.63, 3.8) is 0 Å². The molecule has 284 valence electrons. The normalized spacial score (nSPS) is 16.6. The maximum atomic E-state index is 13.3. The molecule has 1 aliphatic heterocycles. The lowest BCUT2D eigenvalue weighted by Crippen LogP contribution is -2.56. The average molecular weight is 729 g/mol. The zero-order chi connectivity index (χ0) is 38.2. The zero-order valence-corrected chi connectivity index (χ0v) is 31.2. The van der Waals surface area contributed by atoms with Crippen LogP contribution in [0, 0.1) is 0 Å². The number of esters is 3. The second-order valence-electron chi connectivity index (χ2n) is 13.2. The van der Waals surface area contributed by atoms with Gasteiger partial charge in [0.15, 0.2) is 0 Å². The van der Waals surface area contributed by atoms with E-state index in [0.29, 0.717) is 30.8 Å². The standard InChI is InChI=1S/C41H52N4O8/c1-5-51-37(47)21-12-20-36(46)42-43-41(50)34-18-10-16-32(24-34)40(45-27-29(3)44(26-30(45)4)28-31-14-8-7-9-15-31)33-17-11-19-35(25-33)53-39(49)23-13-22-38(48)52-6-2/h7-11,14-19,24-25,29-30,40H,5-6,12-13,20-23,26-28H2,1-4H3,(H,42,46)(H,43,50)/t29-,30+,40-/m1/s1. The quantitative estimate of drug-likeness (QED) is 0.104. The van der Waals surface area contributed by atoms with Crippen LogP contribution in [0.15, 0.2) is 78.9 Å². The summed E-state index contributed by atoms with van der Waals surface area (Å²) in [5.74, 6) is -1.67. The largest absolute Gasteiger partial charge is 0.466 e. The first kappa shape index (κ1) is 40.7. The van der Waals surface area contributed by atoms with E-state index >= 15 is 0 Å². The summed E-state index contributed by atoms with van der Waals surface area (Å²) in [4.78, 5) is 66.6. The summed E-state index contributed by atoms with van der Waals surface area (Å²) in [7, 11) is 0. The molecule has 1 heterocycles. The molecule has 3 atom stereocenters. The molecule has 1 saturated heterocycles. The Bertz CT molecular complexity index is 1680. The number of amides is 2. The monoisotopic (exact) mass is 728 g/mol. The van der Waals surface area contributed by atoms with Gasteiger partial charge in [-0.1, -0.05) is 54.6 Å². The lowest BCUT2D eigenvalue weighted by molar-refractivity contribution is -0.144. The number of benzene rings is 3. The minimum absolute atomic E-state index is 0.0554. The number of hydrogen-bond acceptors (Lipinski definition) is 10. The van der Waals surface area contributed by atoms with Crippen LogP contribution in [0.1, 0.15) is 99.3 Å². The molecule has 12 nitrogen and oxygen atoms in total. The molecule has 4 rings (SSSR count). The van der Waals surface area contributed by atoms with Gasteiger partial charge >= 0.3 is 17.9 Å². The summed E-state index contributed by atoms with van der Waals surface area (Å²) in [5.41, 5.74) is 8.27. The van der Waals surface area contributed by atoms with Gasteiger partial charge in [-0.05, 0) is 81.5 Å². The van der Waals surface area contributed by atoms with Gasteiger partial charge in [0, 0.05) is 63.0 Å². The van der Waals surface area contributed by atoms with Gasteiger partial charge in [0.1, 0.15) is 5.75 Å². The molecular formula is C41H52N4O8. The number of rotatable bonds is 17. The van der Waals surface area contributed by atoms with E-state index in [1.165, 1.54) is 5.56 Å². The molecule has 2 N–H and O–H groups in total. The predicted octanol–water partition coefficient (Wildman–Crippen LogP) is 5.50. The summed E-state index contributed by atoms with van der Waals surface area (Å²) < 4.78 is 15.6. The molecule has 0 bridgehead atoms. The molecule has 0 saturated carbocycles. The van der Waals surface area contributed by atoms with Crippen LogP contribution >= 0.6 is 0 Å². The zero-order valence-electron chi connectivity index (χ0n) is 31.2. The van der Waals surface area contributed by atoms with Crippen molar-refractivity contribution in [2.24, 2.45) is 0 Å². The highest BCUT2D eigenvalue weighted by Crippen LogP contribution is 2.35. The van der Waals surface area contributed by atoms with Crippen LogP contribution in [-0.4, -0.2) is 77.9 Å². The summed E-state index contributed by atoms with van der Waals surface area (Å²) in [6.45, 7) is 10.8. The van der Waals surface area contributed by atoms with Crippen molar-refractivity contribution in [3.8, 4) is 5.75 Å². The van der Waals surface area contributed by atoms with Crippen molar-refractivity contribution in [1.82, 2.24) is 20.7 Å². The fourth-order valence-corrected chi connectivity index (χ4v) is 6.48. The smallest absolute Gasteiger partial charge is 0.311 e. The molecule has 0 spiro atoms. The van der Waals surface area contributed by atoms with Crippen LogP contribution in [0.5, 0.6) is 5.75 Å². The summed E-state index contributed by atoms with van der Waals surface area (Å²) in [6.07, 6.45) is 1.01. The molecule has 0 aromatic heterocycles. The Morgan fingerprint density at radius 2 is 1.32 bits per heavy atom. The van der Waals surface area contributed by atoms with Crippen LogP contribution in [0.25, 0.3) is 0 Å². The Morgan fingerprint density at radius 1 is 0.698 bits per heavy atom. The van der Waals surface area contributed by atoms with Crippen molar-refractivity contribution in [2.45, 2.75) is 90.9 Å². The maximum Gasteiger partial charge on any atom is 0.311 e. The van der Waals surface area contributed by atoms with Gasteiger partial charge in [0.25, 0.3) is 5.91 Å². The first-order valence-electron chi connectivity index (χ1n) is 18.4. The molecule has 2 amide bonds. The van der Waals surface area contributed by atoms with Crippen LogP contribution in [0.3, 0.4) is 0 Å². The minimum atomic E-state index is -0.482. The van der Waals surface area contributed by atoms with Gasteiger partial charge < -0.3 is 14.2 Å². The Balaban J connectivity index is 1.53. The number of carbonyl (C=O) groups excluding carboxylic acids is 5. The lowest BCUT2D eigenvalue weighted by atomic mass is 9.92. The molecule has 1 fully saturated rings. The molecular weight excluding hydrogens is 676 g/mol. The Hall–Kier alpha value is -5.07. The number of ether oxygens (including phenoxy) is 3. The van der Waals surface area contributed by atoms with E-state index in [2.05, 4.69) is 58.8 Å². The Morgan fingerprint density at radius 3 is 2.00 bits per heavy atom. The third-order valence-corrected chi connectivity index (χ3v) is 9.07. The third kappa shape index (κ3) is 12.8. The summed E-state index contributed by atoms with van der Waals surface area (Å²) in [5, 5.41) is 0. The second kappa shape index (κ2) is 20.8. The number of piperazine rings is 1. The fourth-order valence-electron chi connectivity index (χ4n) is 6.48. The van der Waals surface area contributed by atoms with Gasteiger partial charge in [-0.15, -0.1) is 0 Å². The van der Waals surface area contributed by atoms with Gasteiger partial charge in [-0.2, -0.15) is 0 Å². The highest BCUT2D eigenvalue weighted by atomic mass is 16.5. The van der Waals surface area contributed by atoms with Crippen LogP contribution < -0.4 is 15.6 Å². The van der Waals surface area contributed by atoms with E-state index in [0.717, 1.165) is 30.8 Å². The molecule has 0 radical (unpaired) electrons. The van der Waals surface area contributed by atoms with Crippen molar-refractivity contribution in [1.29, 1.82) is 0 Å². The van der Waals surface area contributed by atoms with Crippen molar-refractivity contribution in [2.75, 3.05) is 26.3 Å². The highest BCUT2D eigenvalue weighted by molar-refractivity contribution is 5.95. The van der Waals surface area contributed by atoms with E-state index in [1.54, 1.807) is 26.0 Å². The maximum absolute atomic E-state index is 13.3. The topological polar surface area (TPSA) is 144 Å². The average Bonchev–Trinajstić information content (AvgIpc) is 3.13. The van der Waals surface area contributed by atoms with Gasteiger partial charge in [-0.3, -0.25) is 44.6 Å². The number of nitrogens with zero attached hydrogens (tertiary/aromatic N) is 2. The van der Waals surface area contributed by atoms with Crippen LogP contribution in [0.2, 0.25) is 0 Å². The van der Waals surface area contributed by atoms with Gasteiger partial charge in [-0.25, -0.2) is 0 Å². The van der Waals surface area contributed by atoms with E-state index in [1.807, 2.05) is 42.5 Å². The van der Waals surface area contributed by atoms with E-state index in [9.17, 15) is 24.0 Å². The molecule has 12 heteroatoms. The molecule has 1 aliphatic rings. The summed E-state index contributed by atoms with van der Waals surface area (Å²) >= 11 is 0. The fraction of sp³-hybridized carbons (Fsp3) is 0.439. The van der Waals surface area contributed by atoms with E-state index in [-0.39, 0.29) is 62.4 Å². The lowest BCUT2D eigenvalue weighted by Gasteiger charge is -2.47. The summed E-state index contributed by atoms with van der Waals surface area (Å²) in [6, 6.07) is 25.1. The molecule has 53 heavy (non-hydrogen) atoms. The van der Waals surface area contributed by atoms with Crippen molar-refractivity contribution >= 4 is 29.7 Å². The number of nitrogens with one attached hydrogen (secondary N) is 2. The van der Waals surface area contributed by atoms with Crippen molar-refractivity contribution < 1.29 is 38.2 Å². The molecule has 0 aliphatic carbocycles. The second-order valence-corrected chi connectivity index (χ2v) is 13.2. The number of hydrogen-bond donors (Lipinski definition) is 2. The first-order valence-corrected chi connectivity index (χ1v) is 18.4. The van der Waals surface area contributed by atoms with Gasteiger partial charge in [0.2, 0.25) is 5.91 Å². The first-order chi connectivity index (χ1) is 25.6. The van der Waals surface area contributed by atoms with E-state index < -0.39 is 17.8 Å². The van der Waals surface area contributed by atoms with Gasteiger partial charge in [0.05, 0.1) is 19.3 Å². The SMILES string of the molecule is CCOC(=O)CCCC(=O)NNC(=O)c1cccc([C@H](c2cccc(OC(=O)CCCC(=O)OCC)c2)N2C[C@@H](C)N(Cc3ccccc3)C[C@@H]2C)c1. The molecule has 3 aromatic carbocycles. The Labute approximate surface area is 312 Å². The third-order valence-electron chi connectivity index (χ3n) is 9.07. The van der Waals surface area contributed by atoms with E-state index in [4.69, 9.17) is 14.2 Å². The molecule has 3 aromatic rings. The molecule has 0 unspecified atom stereocenters. The highest BCUT2D eigenvalue weighted by Gasteiger charge is 2.35.